The van der Waals surface area contributed by atoms with Crippen molar-refractivity contribution in [2.24, 2.45) is 5.73 Å². The predicted molar refractivity (Wildman–Crippen MR) is 69.5 cm³/mol. The van der Waals surface area contributed by atoms with Crippen molar-refractivity contribution < 1.29 is 8.42 Å². The summed E-state index contributed by atoms with van der Waals surface area (Å²) in [5.74, 6) is 0. The van der Waals surface area contributed by atoms with Crippen LogP contribution in [0.5, 0.6) is 0 Å². The van der Waals surface area contributed by atoms with E-state index in [0.717, 1.165) is 5.69 Å². The number of nitrogens with one attached hydrogen (secondary N) is 1. The van der Waals surface area contributed by atoms with Gasteiger partial charge in [-0.2, -0.15) is 0 Å². The second-order valence-corrected chi connectivity index (χ2v) is 6.32. The van der Waals surface area contributed by atoms with E-state index >= 15 is 0 Å². The summed E-state index contributed by atoms with van der Waals surface area (Å²) in [7, 11) is -0.321. The Morgan fingerprint density at radius 3 is 2.24 bits per heavy atom. The Morgan fingerprint density at radius 2 is 1.82 bits per heavy atom. The molecule has 0 saturated heterocycles. The summed E-state index contributed by atoms with van der Waals surface area (Å²) in [6.07, 6.45) is 0. The van der Waals surface area contributed by atoms with Gasteiger partial charge in [0.25, 0.3) is 0 Å². The first kappa shape index (κ1) is 14.0. The van der Waals surface area contributed by atoms with E-state index in [2.05, 4.69) is 5.32 Å². The van der Waals surface area contributed by atoms with Crippen LogP contribution in [0, 0.1) is 0 Å². The fourth-order valence-electron chi connectivity index (χ4n) is 1.23. The van der Waals surface area contributed by atoms with Gasteiger partial charge < -0.3 is 11.1 Å². The maximum Gasteiger partial charge on any atom is 0.242 e. The Kier molecular flexibility index (Phi) is 4.50. The monoisotopic (exact) mass is 257 g/mol. The van der Waals surface area contributed by atoms with Crippen LogP contribution >= 0.6 is 0 Å². The third kappa shape index (κ3) is 3.69. The summed E-state index contributed by atoms with van der Waals surface area (Å²) in [5.41, 5.74) is 6.48. The average Bonchev–Trinajstić information content (AvgIpc) is 2.26. The molecule has 0 saturated carbocycles. The zero-order valence-electron chi connectivity index (χ0n) is 10.3. The van der Waals surface area contributed by atoms with Crippen molar-refractivity contribution in [2.75, 3.05) is 26.0 Å². The van der Waals surface area contributed by atoms with E-state index < -0.39 is 10.0 Å². The lowest BCUT2D eigenvalue weighted by atomic mass is 10.3. The molecule has 0 aliphatic carbocycles. The summed E-state index contributed by atoms with van der Waals surface area (Å²) in [5, 5.41) is 3.12. The van der Waals surface area contributed by atoms with Crippen LogP contribution in [0.1, 0.15) is 6.92 Å². The number of rotatable bonds is 5. The van der Waals surface area contributed by atoms with Crippen molar-refractivity contribution in [1.29, 1.82) is 0 Å². The van der Waals surface area contributed by atoms with Crippen LogP contribution in [-0.2, 0) is 10.0 Å². The van der Waals surface area contributed by atoms with E-state index in [1.165, 1.54) is 18.4 Å². The molecule has 17 heavy (non-hydrogen) atoms. The van der Waals surface area contributed by atoms with E-state index in [1.54, 1.807) is 24.3 Å². The molecule has 0 aromatic heterocycles. The van der Waals surface area contributed by atoms with E-state index in [4.69, 9.17) is 5.73 Å². The van der Waals surface area contributed by atoms with Crippen molar-refractivity contribution in [3.05, 3.63) is 24.3 Å². The zero-order valence-corrected chi connectivity index (χ0v) is 11.2. The number of nitrogens with two attached hydrogens (primary N) is 1. The number of anilines is 1. The molecule has 0 radical (unpaired) electrons. The molecule has 6 heteroatoms. The molecule has 1 aromatic carbocycles. The van der Waals surface area contributed by atoms with Gasteiger partial charge in [0.1, 0.15) is 0 Å². The molecule has 1 atom stereocenters. The highest BCUT2D eigenvalue weighted by Gasteiger charge is 2.16. The fourth-order valence-corrected chi connectivity index (χ4v) is 2.14. The lowest BCUT2D eigenvalue weighted by molar-refractivity contribution is 0.521. The number of hydrogen-bond donors (Lipinski definition) is 2. The highest BCUT2D eigenvalue weighted by Crippen LogP contribution is 2.16. The first-order valence-corrected chi connectivity index (χ1v) is 6.80. The molecule has 1 rings (SSSR count). The van der Waals surface area contributed by atoms with Crippen LogP contribution in [0.4, 0.5) is 5.69 Å². The topological polar surface area (TPSA) is 75.4 Å². The molecule has 0 amide bonds. The Morgan fingerprint density at radius 1 is 1.29 bits per heavy atom. The van der Waals surface area contributed by atoms with Crippen molar-refractivity contribution in [2.45, 2.75) is 17.9 Å². The zero-order chi connectivity index (χ0) is 13.1. The van der Waals surface area contributed by atoms with Gasteiger partial charge in [0.15, 0.2) is 0 Å². The van der Waals surface area contributed by atoms with Crippen LogP contribution in [0.25, 0.3) is 0 Å². The van der Waals surface area contributed by atoms with Crippen molar-refractivity contribution in [3.8, 4) is 0 Å². The maximum absolute atomic E-state index is 11.8. The molecule has 0 aliphatic heterocycles. The predicted octanol–water partition coefficient (Wildman–Crippen LogP) is 0.696. The van der Waals surface area contributed by atoms with Gasteiger partial charge in [-0.05, 0) is 31.2 Å². The van der Waals surface area contributed by atoms with Crippen molar-refractivity contribution >= 4 is 15.7 Å². The maximum atomic E-state index is 11.8. The number of nitrogens with zero attached hydrogens (tertiary/aromatic N) is 1. The minimum absolute atomic E-state index is 0.0557. The third-order valence-corrected chi connectivity index (χ3v) is 4.09. The molecule has 1 aromatic rings. The second-order valence-electron chi connectivity index (χ2n) is 4.17. The molecule has 5 nitrogen and oxygen atoms in total. The largest absolute Gasteiger partial charge is 0.383 e. The van der Waals surface area contributed by atoms with Crippen molar-refractivity contribution in [1.82, 2.24) is 4.31 Å². The second kappa shape index (κ2) is 5.48. The average molecular weight is 257 g/mol. The van der Waals surface area contributed by atoms with Gasteiger partial charge in [0, 0.05) is 32.4 Å². The van der Waals surface area contributed by atoms with Gasteiger partial charge in [-0.15, -0.1) is 0 Å². The molecular weight excluding hydrogens is 238 g/mol. The first-order chi connectivity index (χ1) is 7.84. The summed E-state index contributed by atoms with van der Waals surface area (Å²) >= 11 is 0. The van der Waals surface area contributed by atoms with Gasteiger partial charge in [0.05, 0.1) is 4.90 Å². The molecule has 0 spiro atoms. The van der Waals surface area contributed by atoms with Crippen LogP contribution < -0.4 is 11.1 Å². The van der Waals surface area contributed by atoms with E-state index in [0.29, 0.717) is 6.54 Å². The van der Waals surface area contributed by atoms with Gasteiger partial charge >= 0.3 is 0 Å². The van der Waals surface area contributed by atoms with Gasteiger partial charge in [-0.25, -0.2) is 12.7 Å². The normalized spacial score (nSPS) is 13.7. The molecule has 0 bridgehead atoms. The number of hydrogen-bond acceptors (Lipinski definition) is 4. The molecule has 3 N–H and O–H groups in total. The lowest BCUT2D eigenvalue weighted by Crippen LogP contribution is -2.25. The lowest BCUT2D eigenvalue weighted by Gasteiger charge is -2.13. The SMILES string of the molecule is CC(N)CNc1ccc(S(=O)(=O)N(C)C)cc1. The molecule has 0 heterocycles. The standard InChI is InChI=1S/C11H19N3O2S/c1-9(12)8-13-10-4-6-11(7-5-10)17(15,16)14(2)3/h4-7,9,13H,8,12H2,1-3H3. The number of benzene rings is 1. The first-order valence-electron chi connectivity index (χ1n) is 5.36. The third-order valence-electron chi connectivity index (χ3n) is 2.26. The molecule has 1 unspecified atom stereocenters. The summed E-state index contributed by atoms with van der Waals surface area (Å²) in [4.78, 5) is 0.286. The van der Waals surface area contributed by atoms with E-state index in [9.17, 15) is 8.42 Å². The minimum atomic E-state index is -3.34. The van der Waals surface area contributed by atoms with Crippen LogP contribution in [0.15, 0.2) is 29.2 Å². The Hall–Kier alpha value is -1.11. The quantitative estimate of drug-likeness (QED) is 0.814. The smallest absolute Gasteiger partial charge is 0.242 e. The van der Waals surface area contributed by atoms with E-state index in [-0.39, 0.29) is 10.9 Å². The Labute approximate surface area is 103 Å². The van der Waals surface area contributed by atoms with Crippen LogP contribution in [0.3, 0.4) is 0 Å². The number of sulfonamides is 1. The molecular formula is C11H19N3O2S. The minimum Gasteiger partial charge on any atom is -0.383 e. The van der Waals surface area contributed by atoms with Crippen LogP contribution in [0.2, 0.25) is 0 Å². The van der Waals surface area contributed by atoms with E-state index in [1.807, 2.05) is 6.92 Å². The molecule has 0 aliphatic rings. The van der Waals surface area contributed by atoms with Crippen LogP contribution in [-0.4, -0.2) is 39.4 Å². The molecule has 0 fully saturated rings. The Balaban J connectivity index is 2.82. The highest BCUT2D eigenvalue weighted by atomic mass is 32.2. The van der Waals surface area contributed by atoms with Gasteiger partial charge in [-0.1, -0.05) is 0 Å². The summed E-state index contributed by atoms with van der Waals surface area (Å²) in [6.45, 7) is 2.55. The molecule has 96 valence electrons. The van der Waals surface area contributed by atoms with Gasteiger partial charge in [0.2, 0.25) is 10.0 Å². The highest BCUT2D eigenvalue weighted by molar-refractivity contribution is 7.89. The van der Waals surface area contributed by atoms with Gasteiger partial charge in [-0.3, -0.25) is 0 Å². The summed E-state index contributed by atoms with van der Waals surface area (Å²) < 4.78 is 24.8. The van der Waals surface area contributed by atoms with Crippen molar-refractivity contribution in [3.63, 3.8) is 0 Å². The fraction of sp³-hybridized carbons (Fsp3) is 0.455. The summed E-state index contributed by atoms with van der Waals surface area (Å²) in [6, 6.07) is 6.69. The Bertz CT molecular complexity index is 452.